The molecule has 2 heterocycles. The normalized spacial score (nSPS) is 21.8. The maximum atomic E-state index is 12.5. The summed E-state index contributed by atoms with van der Waals surface area (Å²) in [6, 6.07) is 0. The van der Waals surface area contributed by atoms with Gasteiger partial charge in [0, 0.05) is 26.4 Å². The third kappa shape index (κ3) is 3.23. The number of nitrogens with two attached hydrogens (primary N) is 1. The van der Waals surface area contributed by atoms with E-state index in [0.717, 1.165) is 0 Å². The van der Waals surface area contributed by atoms with Crippen molar-refractivity contribution >= 4 is 11.7 Å². The molecule has 0 aromatic carbocycles. The highest BCUT2D eigenvalue weighted by Crippen LogP contribution is 2.23. The number of rotatable bonds is 3. The van der Waals surface area contributed by atoms with Gasteiger partial charge in [0.25, 0.3) is 5.91 Å². The van der Waals surface area contributed by atoms with Crippen LogP contribution in [0.4, 0.5) is 5.82 Å². The van der Waals surface area contributed by atoms with Crippen molar-refractivity contribution in [3.63, 3.8) is 0 Å². The van der Waals surface area contributed by atoms with Crippen LogP contribution in [-0.4, -0.2) is 59.3 Å². The highest BCUT2D eigenvalue weighted by atomic mass is 16.5. The predicted molar refractivity (Wildman–Crippen MR) is 73.2 cm³/mol. The summed E-state index contributed by atoms with van der Waals surface area (Å²) in [7, 11) is 1.61. The highest BCUT2D eigenvalue weighted by molar-refractivity contribution is 5.98. The van der Waals surface area contributed by atoms with E-state index in [4.69, 9.17) is 15.2 Å². The first-order valence-electron chi connectivity index (χ1n) is 6.44. The Morgan fingerprint density at radius 2 is 2.40 bits per heavy atom. The number of aromatic nitrogens is 2. The Balaban J connectivity index is 2.18. The minimum atomic E-state index is -0.429. The van der Waals surface area contributed by atoms with Gasteiger partial charge in [-0.25, -0.2) is 9.97 Å². The van der Waals surface area contributed by atoms with Crippen molar-refractivity contribution in [3.8, 4) is 0 Å². The Bertz CT molecular complexity index is 492. The van der Waals surface area contributed by atoms with Gasteiger partial charge in [-0.15, -0.1) is 0 Å². The number of carbonyl (C=O) groups is 1. The molecule has 7 heteroatoms. The monoisotopic (exact) mass is 280 g/mol. The van der Waals surface area contributed by atoms with Crippen molar-refractivity contribution < 1.29 is 14.3 Å². The average Bonchev–Trinajstić information content (AvgIpc) is 2.37. The van der Waals surface area contributed by atoms with E-state index in [1.807, 2.05) is 13.8 Å². The van der Waals surface area contributed by atoms with Gasteiger partial charge in [-0.1, -0.05) is 0 Å². The topological polar surface area (TPSA) is 90.6 Å². The summed E-state index contributed by atoms with van der Waals surface area (Å²) in [6.45, 7) is 5.28. The number of nitrogens with zero attached hydrogens (tertiary/aromatic N) is 3. The van der Waals surface area contributed by atoms with Crippen molar-refractivity contribution in [2.45, 2.75) is 25.6 Å². The summed E-state index contributed by atoms with van der Waals surface area (Å²) >= 11 is 0. The Labute approximate surface area is 118 Å². The second kappa shape index (κ2) is 5.72. The first-order valence-corrected chi connectivity index (χ1v) is 6.44. The number of ether oxygens (including phenoxy) is 2. The number of hydrogen-bond donors (Lipinski definition) is 1. The van der Waals surface area contributed by atoms with Crippen LogP contribution in [0.2, 0.25) is 0 Å². The fourth-order valence-corrected chi connectivity index (χ4v) is 2.40. The van der Waals surface area contributed by atoms with Gasteiger partial charge in [0.1, 0.15) is 12.1 Å². The fraction of sp³-hybridized carbons (Fsp3) is 0.615. The molecule has 2 rings (SSSR count). The molecule has 1 aromatic heterocycles. The Morgan fingerprint density at radius 1 is 1.65 bits per heavy atom. The summed E-state index contributed by atoms with van der Waals surface area (Å²) < 4.78 is 11.0. The van der Waals surface area contributed by atoms with Gasteiger partial charge in [-0.2, -0.15) is 0 Å². The SMILES string of the molecule is COCC1CN(C(=O)c2cncnc2N)CC(C)(C)O1. The zero-order valence-electron chi connectivity index (χ0n) is 12.0. The van der Waals surface area contributed by atoms with E-state index in [1.54, 1.807) is 12.0 Å². The van der Waals surface area contributed by atoms with Crippen LogP contribution in [0.15, 0.2) is 12.5 Å². The molecule has 0 radical (unpaired) electrons. The van der Waals surface area contributed by atoms with Gasteiger partial charge < -0.3 is 20.1 Å². The number of morpholine rings is 1. The lowest BCUT2D eigenvalue weighted by atomic mass is 10.0. The summed E-state index contributed by atoms with van der Waals surface area (Å²) in [5, 5.41) is 0. The van der Waals surface area contributed by atoms with Crippen LogP contribution in [0.5, 0.6) is 0 Å². The highest BCUT2D eigenvalue weighted by Gasteiger charge is 2.36. The Hall–Kier alpha value is -1.73. The Kier molecular flexibility index (Phi) is 4.20. The molecule has 1 aliphatic rings. The van der Waals surface area contributed by atoms with Gasteiger partial charge in [0.2, 0.25) is 0 Å². The molecule has 1 atom stereocenters. The summed E-state index contributed by atoms with van der Waals surface area (Å²) in [6.07, 6.45) is 2.61. The molecular weight excluding hydrogens is 260 g/mol. The average molecular weight is 280 g/mol. The number of amides is 1. The molecule has 7 nitrogen and oxygen atoms in total. The van der Waals surface area contributed by atoms with Gasteiger partial charge >= 0.3 is 0 Å². The predicted octanol–water partition coefficient (Wildman–Crippen LogP) is 0.325. The van der Waals surface area contributed by atoms with Crippen LogP contribution in [0.1, 0.15) is 24.2 Å². The number of hydrogen-bond acceptors (Lipinski definition) is 6. The number of anilines is 1. The van der Waals surface area contributed by atoms with E-state index in [9.17, 15) is 4.79 Å². The minimum Gasteiger partial charge on any atom is -0.383 e. The van der Waals surface area contributed by atoms with Crippen LogP contribution < -0.4 is 5.73 Å². The molecule has 0 spiro atoms. The molecule has 1 unspecified atom stereocenters. The van der Waals surface area contributed by atoms with Crippen LogP contribution in [0.25, 0.3) is 0 Å². The van der Waals surface area contributed by atoms with Crippen LogP contribution in [0.3, 0.4) is 0 Å². The first-order chi connectivity index (χ1) is 9.43. The molecule has 1 aliphatic heterocycles. The standard InChI is InChI=1S/C13H20N4O3/c1-13(2)7-17(5-9(20-13)6-19-3)12(18)10-4-15-8-16-11(10)14/h4,8-9H,5-7H2,1-3H3,(H2,14,15,16). The molecule has 1 aromatic rings. The maximum Gasteiger partial charge on any atom is 0.259 e. The quantitative estimate of drug-likeness (QED) is 0.857. The van der Waals surface area contributed by atoms with Gasteiger partial charge in [-0.05, 0) is 13.8 Å². The lowest BCUT2D eigenvalue weighted by molar-refractivity contribution is -0.143. The largest absolute Gasteiger partial charge is 0.383 e. The van der Waals surface area contributed by atoms with Gasteiger partial charge in [0.05, 0.1) is 23.9 Å². The second-order valence-electron chi connectivity index (χ2n) is 5.46. The van der Waals surface area contributed by atoms with E-state index < -0.39 is 5.60 Å². The molecule has 1 amide bonds. The third-order valence-corrected chi connectivity index (χ3v) is 3.09. The fourth-order valence-electron chi connectivity index (χ4n) is 2.40. The van der Waals surface area contributed by atoms with Crippen molar-refractivity contribution in [1.29, 1.82) is 0 Å². The van der Waals surface area contributed by atoms with E-state index >= 15 is 0 Å². The number of carbonyl (C=O) groups excluding carboxylic acids is 1. The van der Waals surface area contributed by atoms with Crippen LogP contribution in [0, 0.1) is 0 Å². The second-order valence-corrected chi connectivity index (χ2v) is 5.46. The molecule has 1 saturated heterocycles. The van der Waals surface area contributed by atoms with Gasteiger partial charge in [-0.3, -0.25) is 4.79 Å². The zero-order valence-corrected chi connectivity index (χ0v) is 12.0. The smallest absolute Gasteiger partial charge is 0.259 e. The third-order valence-electron chi connectivity index (χ3n) is 3.09. The molecule has 20 heavy (non-hydrogen) atoms. The maximum absolute atomic E-state index is 12.5. The van der Waals surface area contributed by atoms with Crippen LogP contribution >= 0.6 is 0 Å². The molecule has 0 bridgehead atoms. The van der Waals surface area contributed by atoms with Crippen molar-refractivity contribution in [2.24, 2.45) is 0 Å². The van der Waals surface area contributed by atoms with E-state index in [1.165, 1.54) is 12.5 Å². The summed E-state index contributed by atoms with van der Waals surface area (Å²) in [5.41, 5.74) is 5.63. The van der Waals surface area contributed by atoms with Crippen molar-refractivity contribution in [2.75, 3.05) is 32.5 Å². The summed E-state index contributed by atoms with van der Waals surface area (Å²) in [4.78, 5) is 21.9. The molecule has 0 saturated carbocycles. The zero-order chi connectivity index (χ0) is 14.8. The number of methoxy groups -OCH3 is 1. The van der Waals surface area contributed by atoms with E-state index in [-0.39, 0.29) is 17.8 Å². The van der Waals surface area contributed by atoms with E-state index in [0.29, 0.717) is 25.3 Å². The lowest BCUT2D eigenvalue weighted by Crippen LogP contribution is -2.55. The Morgan fingerprint density at radius 3 is 3.05 bits per heavy atom. The summed E-state index contributed by atoms with van der Waals surface area (Å²) in [5.74, 6) is 0.0122. The molecular formula is C13H20N4O3. The molecule has 2 N–H and O–H groups in total. The number of nitrogen functional groups attached to an aromatic ring is 1. The van der Waals surface area contributed by atoms with Crippen molar-refractivity contribution in [3.05, 3.63) is 18.1 Å². The minimum absolute atomic E-state index is 0.154. The lowest BCUT2D eigenvalue weighted by Gasteiger charge is -2.42. The van der Waals surface area contributed by atoms with Crippen molar-refractivity contribution in [1.82, 2.24) is 14.9 Å². The molecule has 0 aliphatic carbocycles. The molecule has 110 valence electrons. The van der Waals surface area contributed by atoms with Gasteiger partial charge in [0.15, 0.2) is 0 Å². The molecule has 1 fully saturated rings. The van der Waals surface area contributed by atoms with E-state index in [2.05, 4.69) is 9.97 Å². The van der Waals surface area contributed by atoms with Crippen LogP contribution in [-0.2, 0) is 9.47 Å². The first kappa shape index (κ1) is 14.7.